The number of nitrogens with zero attached hydrogens (tertiary/aromatic N) is 3. The molecule has 0 spiro atoms. The quantitative estimate of drug-likeness (QED) is 0.731. The highest BCUT2D eigenvalue weighted by Gasteiger charge is 2.11. The van der Waals surface area contributed by atoms with Crippen molar-refractivity contribution >= 4 is 16.8 Å². The molecule has 23 heavy (non-hydrogen) atoms. The minimum atomic E-state index is 0.0947. The van der Waals surface area contributed by atoms with Gasteiger partial charge in [0, 0.05) is 29.9 Å². The van der Waals surface area contributed by atoms with E-state index in [-0.39, 0.29) is 6.61 Å². The van der Waals surface area contributed by atoms with Crippen LogP contribution in [0, 0.1) is 13.8 Å². The van der Waals surface area contributed by atoms with Crippen LogP contribution in [-0.4, -0.2) is 26.5 Å². The normalized spacial score (nSPS) is 11.3. The van der Waals surface area contributed by atoms with Crippen LogP contribution in [0.4, 0.5) is 5.69 Å². The van der Waals surface area contributed by atoms with Crippen molar-refractivity contribution in [1.82, 2.24) is 14.8 Å². The maximum Gasteiger partial charge on any atom is 0.195 e. The Morgan fingerprint density at radius 2 is 2.13 bits per heavy atom. The molecule has 0 aliphatic carbocycles. The van der Waals surface area contributed by atoms with Crippen LogP contribution < -0.4 is 5.32 Å². The van der Waals surface area contributed by atoms with Gasteiger partial charge in [-0.2, -0.15) is 5.10 Å². The van der Waals surface area contributed by atoms with E-state index in [9.17, 15) is 0 Å². The van der Waals surface area contributed by atoms with E-state index < -0.39 is 0 Å². The van der Waals surface area contributed by atoms with Crippen molar-refractivity contribution in [2.75, 3.05) is 11.9 Å². The van der Waals surface area contributed by atoms with Crippen molar-refractivity contribution in [1.29, 1.82) is 0 Å². The lowest BCUT2D eigenvalue weighted by Crippen LogP contribution is -2.07. The van der Waals surface area contributed by atoms with Gasteiger partial charge in [0.05, 0.1) is 18.8 Å². The number of aryl methyl sites for hydroxylation is 2. The molecule has 122 valence electrons. The summed E-state index contributed by atoms with van der Waals surface area (Å²) in [6.07, 6.45) is 0.792. The van der Waals surface area contributed by atoms with Crippen LogP contribution in [0.2, 0.25) is 0 Å². The molecule has 1 aromatic carbocycles. The number of aromatic nitrogens is 3. The zero-order chi connectivity index (χ0) is 16.4. The molecule has 0 saturated carbocycles. The first-order valence-corrected chi connectivity index (χ1v) is 7.89. The number of nitrogens with one attached hydrogen (secondary N) is 1. The fourth-order valence-electron chi connectivity index (χ4n) is 2.73. The number of hydrogen-bond donors (Lipinski definition) is 2. The minimum absolute atomic E-state index is 0.0947. The summed E-state index contributed by atoms with van der Waals surface area (Å²) in [5.74, 6) is 0.758. The Hall–Kier alpha value is -2.34. The minimum Gasteiger partial charge on any atom is -0.441 e. The van der Waals surface area contributed by atoms with Gasteiger partial charge < -0.3 is 14.8 Å². The molecular weight excluding hydrogens is 292 g/mol. The van der Waals surface area contributed by atoms with Crippen molar-refractivity contribution < 1.29 is 9.52 Å². The van der Waals surface area contributed by atoms with Gasteiger partial charge in [-0.25, -0.2) is 4.98 Å². The Morgan fingerprint density at radius 1 is 1.30 bits per heavy atom. The fraction of sp³-hybridized carbons (Fsp3) is 0.412. The number of anilines is 1. The van der Waals surface area contributed by atoms with Gasteiger partial charge in [-0.1, -0.05) is 6.92 Å². The van der Waals surface area contributed by atoms with E-state index in [0.29, 0.717) is 13.1 Å². The number of benzene rings is 1. The molecule has 0 bridgehead atoms. The predicted octanol–water partition coefficient (Wildman–Crippen LogP) is 2.81. The van der Waals surface area contributed by atoms with Gasteiger partial charge in [-0.05, 0) is 32.0 Å². The SMILES string of the molecule is CCc1nc2cc(NCc3c(C)nn(CCO)c3C)ccc2o1. The summed E-state index contributed by atoms with van der Waals surface area (Å²) in [4.78, 5) is 4.46. The molecule has 2 aromatic heterocycles. The largest absolute Gasteiger partial charge is 0.441 e. The van der Waals surface area contributed by atoms with Crippen LogP contribution in [0.1, 0.15) is 29.8 Å². The number of hydrogen-bond acceptors (Lipinski definition) is 5. The molecule has 6 nitrogen and oxygen atoms in total. The zero-order valence-corrected chi connectivity index (χ0v) is 13.8. The molecule has 0 atom stereocenters. The van der Waals surface area contributed by atoms with Crippen LogP contribution >= 0.6 is 0 Å². The van der Waals surface area contributed by atoms with Crippen molar-refractivity contribution in [3.05, 3.63) is 41.0 Å². The summed E-state index contributed by atoms with van der Waals surface area (Å²) in [6.45, 7) is 7.36. The Balaban J connectivity index is 1.78. The molecule has 6 heteroatoms. The molecule has 2 N–H and O–H groups in total. The van der Waals surface area contributed by atoms with Crippen molar-refractivity contribution in [3.63, 3.8) is 0 Å². The Bertz CT molecular complexity index is 819. The van der Waals surface area contributed by atoms with E-state index in [4.69, 9.17) is 9.52 Å². The lowest BCUT2D eigenvalue weighted by molar-refractivity contribution is 0.268. The van der Waals surface area contributed by atoms with Gasteiger partial charge in [-0.3, -0.25) is 4.68 Å². The molecule has 2 heterocycles. The van der Waals surface area contributed by atoms with Crippen molar-refractivity contribution in [3.8, 4) is 0 Å². The highest BCUT2D eigenvalue weighted by Crippen LogP contribution is 2.22. The fourth-order valence-corrected chi connectivity index (χ4v) is 2.73. The van der Waals surface area contributed by atoms with E-state index in [0.717, 1.165) is 46.0 Å². The summed E-state index contributed by atoms with van der Waals surface area (Å²) in [7, 11) is 0. The molecule has 0 fully saturated rings. The van der Waals surface area contributed by atoms with Crippen LogP contribution in [0.5, 0.6) is 0 Å². The third kappa shape index (κ3) is 3.07. The molecule has 0 amide bonds. The van der Waals surface area contributed by atoms with Gasteiger partial charge in [0.1, 0.15) is 5.52 Å². The van der Waals surface area contributed by atoms with E-state index in [1.54, 1.807) is 0 Å². The average molecular weight is 314 g/mol. The smallest absolute Gasteiger partial charge is 0.195 e. The molecule has 0 radical (unpaired) electrons. The molecule has 0 aliphatic rings. The molecule has 3 rings (SSSR count). The average Bonchev–Trinajstić information content (AvgIpc) is 3.07. The second kappa shape index (κ2) is 6.42. The van der Waals surface area contributed by atoms with Crippen molar-refractivity contribution in [2.24, 2.45) is 0 Å². The summed E-state index contributed by atoms with van der Waals surface area (Å²) >= 11 is 0. The zero-order valence-electron chi connectivity index (χ0n) is 13.8. The third-order valence-electron chi connectivity index (χ3n) is 4.05. The van der Waals surface area contributed by atoms with Gasteiger partial charge in [0.25, 0.3) is 0 Å². The Morgan fingerprint density at radius 3 is 2.87 bits per heavy atom. The summed E-state index contributed by atoms with van der Waals surface area (Å²) in [5.41, 5.74) is 5.92. The van der Waals surface area contributed by atoms with Gasteiger partial charge in [0.2, 0.25) is 0 Å². The van der Waals surface area contributed by atoms with E-state index in [1.807, 2.05) is 43.7 Å². The highest BCUT2D eigenvalue weighted by atomic mass is 16.3. The lowest BCUT2D eigenvalue weighted by atomic mass is 10.2. The number of oxazole rings is 1. The van der Waals surface area contributed by atoms with Gasteiger partial charge >= 0.3 is 0 Å². The number of rotatable bonds is 6. The van der Waals surface area contributed by atoms with Crippen LogP contribution in [0.25, 0.3) is 11.1 Å². The number of fused-ring (bicyclic) bond motifs is 1. The predicted molar refractivity (Wildman–Crippen MR) is 89.5 cm³/mol. The standard InChI is InChI=1S/C17H22N4O2/c1-4-17-19-15-9-13(5-6-16(15)23-17)18-10-14-11(2)20-21(7-8-22)12(14)3/h5-6,9,18,22H,4,7-8,10H2,1-3H3. The lowest BCUT2D eigenvalue weighted by Gasteiger charge is -2.07. The third-order valence-corrected chi connectivity index (χ3v) is 4.05. The number of aliphatic hydroxyl groups excluding tert-OH is 1. The Kier molecular flexibility index (Phi) is 4.34. The maximum absolute atomic E-state index is 9.08. The van der Waals surface area contributed by atoms with Crippen molar-refractivity contribution in [2.45, 2.75) is 40.3 Å². The van der Waals surface area contributed by atoms with Gasteiger partial charge in [0.15, 0.2) is 11.5 Å². The molecular formula is C17H22N4O2. The molecule has 3 aromatic rings. The topological polar surface area (TPSA) is 76.1 Å². The second-order valence-corrected chi connectivity index (χ2v) is 5.59. The molecule has 0 unspecified atom stereocenters. The van der Waals surface area contributed by atoms with Crippen LogP contribution in [-0.2, 0) is 19.5 Å². The first-order chi connectivity index (χ1) is 11.1. The monoisotopic (exact) mass is 314 g/mol. The van der Waals surface area contributed by atoms with Crippen LogP contribution in [0.15, 0.2) is 22.6 Å². The van der Waals surface area contributed by atoms with E-state index in [1.165, 1.54) is 0 Å². The first-order valence-electron chi connectivity index (χ1n) is 7.89. The summed E-state index contributed by atoms with van der Waals surface area (Å²) < 4.78 is 7.48. The summed E-state index contributed by atoms with van der Waals surface area (Å²) in [6, 6.07) is 5.94. The summed E-state index contributed by atoms with van der Waals surface area (Å²) in [5, 5.41) is 17.0. The van der Waals surface area contributed by atoms with Gasteiger partial charge in [-0.15, -0.1) is 0 Å². The van der Waals surface area contributed by atoms with E-state index in [2.05, 4.69) is 15.4 Å². The first kappa shape index (κ1) is 15.6. The highest BCUT2D eigenvalue weighted by molar-refractivity contribution is 5.77. The van der Waals surface area contributed by atoms with Crippen LogP contribution in [0.3, 0.4) is 0 Å². The Labute approximate surface area is 135 Å². The number of aliphatic hydroxyl groups is 1. The van der Waals surface area contributed by atoms with E-state index >= 15 is 0 Å². The second-order valence-electron chi connectivity index (χ2n) is 5.59. The maximum atomic E-state index is 9.08. The molecule has 0 aliphatic heterocycles. The molecule has 0 saturated heterocycles.